The van der Waals surface area contributed by atoms with Gasteiger partial charge in [0, 0.05) is 28.6 Å². The van der Waals surface area contributed by atoms with Gasteiger partial charge in [0.2, 0.25) is 0 Å². The number of fused-ring (bicyclic) bond motifs is 1. The SMILES string of the molecule is CCN(CCO)CCCCCOc1cc2ncnc(Nc3ccc(NC(=O)c4cccc(Cl)c4)nc3)c2cc1OC. The van der Waals surface area contributed by atoms with Gasteiger partial charge in [0.25, 0.3) is 5.91 Å². The normalized spacial score (nSPS) is 11.0. The van der Waals surface area contributed by atoms with Gasteiger partial charge in [-0.2, -0.15) is 0 Å². The minimum atomic E-state index is -0.297. The first-order valence-electron chi connectivity index (χ1n) is 13.6. The van der Waals surface area contributed by atoms with Gasteiger partial charge in [-0.05, 0) is 68.8 Å². The summed E-state index contributed by atoms with van der Waals surface area (Å²) in [5.41, 5.74) is 1.84. The minimum absolute atomic E-state index is 0.188. The summed E-state index contributed by atoms with van der Waals surface area (Å²) >= 11 is 5.98. The number of halogens is 1. The van der Waals surface area contributed by atoms with Crippen LogP contribution in [0.1, 0.15) is 36.5 Å². The van der Waals surface area contributed by atoms with Crippen molar-refractivity contribution in [1.82, 2.24) is 19.9 Å². The number of nitrogens with zero attached hydrogens (tertiary/aromatic N) is 4. The van der Waals surface area contributed by atoms with Crippen LogP contribution in [0, 0.1) is 0 Å². The van der Waals surface area contributed by atoms with Crippen LogP contribution in [0.4, 0.5) is 17.3 Å². The highest BCUT2D eigenvalue weighted by Crippen LogP contribution is 2.35. The number of methoxy groups -OCH3 is 1. The zero-order valence-electron chi connectivity index (χ0n) is 23.3. The second kappa shape index (κ2) is 15.1. The number of ether oxygens (including phenoxy) is 2. The first kappa shape index (κ1) is 30.0. The summed E-state index contributed by atoms with van der Waals surface area (Å²) in [5, 5.41) is 16.4. The van der Waals surface area contributed by atoms with Crippen molar-refractivity contribution in [3.63, 3.8) is 0 Å². The highest BCUT2D eigenvalue weighted by Gasteiger charge is 2.13. The maximum atomic E-state index is 12.5. The topological polar surface area (TPSA) is 122 Å². The zero-order chi connectivity index (χ0) is 29.0. The van der Waals surface area contributed by atoms with Gasteiger partial charge in [-0.15, -0.1) is 0 Å². The van der Waals surface area contributed by atoms with Crippen molar-refractivity contribution in [1.29, 1.82) is 0 Å². The summed E-state index contributed by atoms with van der Waals surface area (Å²) in [4.78, 5) is 27.9. The van der Waals surface area contributed by atoms with Crippen LogP contribution in [0.15, 0.2) is 61.1 Å². The Hall–Kier alpha value is -3.99. The maximum Gasteiger partial charge on any atom is 0.256 e. The Balaban J connectivity index is 1.37. The molecule has 0 saturated heterocycles. The van der Waals surface area contributed by atoms with Crippen LogP contribution in [0.3, 0.4) is 0 Å². The maximum absolute atomic E-state index is 12.5. The average Bonchev–Trinajstić information content (AvgIpc) is 2.99. The summed E-state index contributed by atoms with van der Waals surface area (Å²) in [6, 6.07) is 13.9. The van der Waals surface area contributed by atoms with E-state index >= 15 is 0 Å². The monoisotopic (exact) mass is 578 g/mol. The molecule has 0 fully saturated rings. The van der Waals surface area contributed by atoms with Crippen molar-refractivity contribution in [3.05, 3.63) is 71.6 Å². The average molecular weight is 579 g/mol. The lowest BCUT2D eigenvalue weighted by Gasteiger charge is -2.18. The second-order valence-electron chi connectivity index (χ2n) is 9.33. The van der Waals surface area contributed by atoms with Gasteiger partial charge in [0.15, 0.2) is 11.5 Å². The van der Waals surface area contributed by atoms with Crippen molar-refractivity contribution >= 4 is 45.7 Å². The Morgan fingerprint density at radius 3 is 2.63 bits per heavy atom. The fourth-order valence-corrected chi connectivity index (χ4v) is 4.49. The van der Waals surface area contributed by atoms with Gasteiger partial charge in [-0.1, -0.05) is 24.6 Å². The Bertz CT molecular complexity index is 1440. The molecule has 41 heavy (non-hydrogen) atoms. The number of aliphatic hydroxyl groups excluding tert-OH is 1. The fourth-order valence-electron chi connectivity index (χ4n) is 4.30. The smallest absolute Gasteiger partial charge is 0.256 e. The van der Waals surface area contributed by atoms with E-state index in [2.05, 4.69) is 37.4 Å². The number of aromatic nitrogens is 3. The van der Waals surface area contributed by atoms with Gasteiger partial charge in [-0.25, -0.2) is 15.0 Å². The number of anilines is 3. The number of likely N-dealkylation sites (N-methyl/N-ethyl adjacent to an activating group) is 1. The quantitative estimate of drug-likeness (QED) is 0.156. The molecule has 0 atom stereocenters. The van der Waals surface area contributed by atoms with Crippen molar-refractivity contribution < 1.29 is 19.4 Å². The standard InChI is InChI=1S/C30H35ClN6O4/c1-3-37(13-14-38)12-5-4-6-15-41-27-18-25-24(17-26(27)40-2)29(34-20-33-25)35-23-10-11-28(32-19-23)36-30(39)21-8-7-9-22(31)16-21/h7-11,16-20,38H,3-6,12-15H2,1-2H3,(H,32,36,39)(H,33,34,35). The van der Waals surface area contributed by atoms with Crippen LogP contribution in [-0.2, 0) is 0 Å². The molecular formula is C30H35ClN6O4. The number of unbranched alkanes of at least 4 members (excludes halogenated alkanes) is 2. The number of amides is 1. The number of carbonyl (C=O) groups excluding carboxylic acids is 1. The van der Waals surface area contributed by atoms with Gasteiger partial charge in [0.1, 0.15) is 18.0 Å². The second-order valence-corrected chi connectivity index (χ2v) is 9.77. The molecule has 0 bridgehead atoms. The molecule has 1 amide bonds. The fraction of sp³-hybridized carbons (Fsp3) is 0.333. The molecule has 0 aliphatic rings. The van der Waals surface area contributed by atoms with E-state index < -0.39 is 0 Å². The van der Waals surface area contributed by atoms with Gasteiger partial charge < -0.3 is 30.1 Å². The number of benzene rings is 2. The number of nitrogens with one attached hydrogen (secondary N) is 2. The lowest BCUT2D eigenvalue weighted by atomic mass is 10.2. The molecule has 4 rings (SSSR count). The van der Waals surface area contributed by atoms with E-state index in [1.54, 1.807) is 49.7 Å². The van der Waals surface area contributed by atoms with Crippen LogP contribution in [0.25, 0.3) is 10.9 Å². The van der Waals surface area contributed by atoms with Crippen molar-refractivity contribution in [2.24, 2.45) is 0 Å². The van der Waals surface area contributed by atoms with Gasteiger partial charge in [-0.3, -0.25) is 4.79 Å². The summed E-state index contributed by atoms with van der Waals surface area (Å²) in [7, 11) is 1.60. The lowest BCUT2D eigenvalue weighted by Crippen LogP contribution is -2.27. The Labute approximate surface area is 244 Å². The summed E-state index contributed by atoms with van der Waals surface area (Å²) in [6.45, 7) is 5.48. The van der Waals surface area contributed by atoms with Crippen LogP contribution >= 0.6 is 11.6 Å². The molecule has 2 aromatic heterocycles. The predicted octanol–water partition coefficient (Wildman–Crippen LogP) is 5.55. The summed E-state index contributed by atoms with van der Waals surface area (Å²) in [6.07, 6.45) is 6.10. The van der Waals surface area contributed by atoms with E-state index in [-0.39, 0.29) is 12.5 Å². The molecule has 0 unspecified atom stereocenters. The third kappa shape index (κ3) is 8.50. The molecule has 4 aromatic rings. The first-order chi connectivity index (χ1) is 20.0. The van der Waals surface area contributed by atoms with Gasteiger partial charge in [0.05, 0.1) is 37.7 Å². The van der Waals surface area contributed by atoms with E-state index in [1.165, 1.54) is 6.33 Å². The Morgan fingerprint density at radius 1 is 1.02 bits per heavy atom. The number of rotatable bonds is 15. The van der Waals surface area contributed by atoms with E-state index in [0.717, 1.165) is 37.7 Å². The van der Waals surface area contributed by atoms with Crippen molar-refractivity contribution in [2.45, 2.75) is 26.2 Å². The van der Waals surface area contributed by atoms with Crippen LogP contribution in [0.2, 0.25) is 5.02 Å². The Morgan fingerprint density at radius 2 is 1.90 bits per heavy atom. The van der Waals surface area contributed by atoms with Gasteiger partial charge >= 0.3 is 0 Å². The van der Waals surface area contributed by atoms with E-state index in [9.17, 15) is 4.79 Å². The lowest BCUT2D eigenvalue weighted by molar-refractivity contribution is 0.102. The molecule has 0 radical (unpaired) electrons. The molecular weight excluding hydrogens is 544 g/mol. The largest absolute Gasteiger partial charge is 0.493 e. The number of aliphatic hydroxyl groups is 1. The molecule has 10 nitrogen and oxygen atoms in total. The van der Waals surface area contributed by atoms with E-state index in [0.29, 0.717) is 58.1 Å². The number of hydrogen-bond donors (Lipinski definition) is 3. The van der Waals surface area contributed by atoms with Crippen molar-refractivity contribution in [2.75, 3.05) is 50.6 Å². The molecule has 0 spiro atoms. The summed E-state index contributed by atoms with van der Waals surface area (Å²) < 4.78 is 11.7. The molecule has 2 heterocycles. The molecule has 2 aromatic carbocycles. The summed E-state index contributed by atoms with van der Waals surface area (Å²) in [5.74, 6) is 1.91. The molecule has 11 heteroatoms. The third-order valence-corrected chi connectivity index (χ3v) is 6.75. The minimum Gasteiger partial charge on any atom is -0.493 e. The number of carbonyl (C=O) groups is 1. The molecule has 0 aliphatic heterocycles. The highest BCUT2D eigenvalue weighted by molar-refractivity contribution is 6.31. The number of pyridine rings is 1. The van der Waals surface area contributed by atoms with E-state index in [1.807, 2.05) is 12.1 Å². The van der Waals surface area contributed by atoms with Crippen molar-refractivity contribution in [3.8, 4) is 11.5 Å². The molecule has 3 N–H and O–H groups in total. The Kier molecular flexibility index (Phi) is 11.1. The first-order valence-corrected chi connectivity index (χ1v) is 14.0. The zero-order valence-corrected chi connectivity index (χ0v) is 24.0. The third-order valence-electron chi connectivity index (χ3n) is 6.52. The molecule has 0 saturated carbocycles. The van der Waals surface area contributed by atoms with Crippen LogP contribution in [0.5, 0.6) is 11.5 Å². The van der Waals surface area contributed by atoms with Crippen LogP contribution < -0.4 is 20.1 Å². The predicted molar refractivity (Wildman–Crippen MR) is 162 cm³/mol. The number of hydrogen-bond acceptors (Lipinski definition) is 9. The van der Waals surface area contributed by atoms with Crippen LogP contribution in [-0.4, -0.2) is 70.8 Å². The molecule has 216 valence electrons. The van der Waals surface area contributed by atoms with E-state index in [4.69, 9.17) is 26.2 Å². The highest BCUT2D eigenvalue weighted by atomic mass is 35.5. The molecule has 0 aliphatic carbocycles.